The van der Waals surface area contributed by atoms with Crippen LogP contribution in [0.3, 0.4) is 0 Å². The molecule has 0 radical (unpaired) electrons. The molecule has 2 aromatic heterocycles. The molecule has 3 N–H and O–H groups in total. The molecule has 10 heteroatoms. The fourth-order valence-electron chi connectivity index (χ4n) is 1.67. The highest BCUT2D eigenvalue weighted by molar-refractivity contribution is 8.00. The third kappa shape index (κ3) is 4.56. The summed E-state index contributed by atoms with van der Waals surface area (Å²) in [6.07, 6.45) is 3.13. The Bertz CT molecular complexity index is 778. The van der Waals surface area contributed by atoms with Gasteiger partial charge in [0.15, 0.2) is 0 Å². The monoisotopic (exact) mass is 364 g/mol. The zero-order chi connectivity index (χ0) is 17.5. The number of hydrogen-bond donors (Lipinski definition) is 2. The fourth-order valence-corrected chi connectivity index (χ4v) is 3.06. The molecule has 0 aliphatic carbocycles. The Labute approximate surface area is 146 Å². The van der Waals surface area contributed by atoms with Crippen LogP contribution in [0.2, 0.25) is 0 Å². The van der Waals surface area contributed by atoms with Crippen molar-refractivity contribution in [2.75, 3.05) is 23.1 Å². The van der Waals surface area contributed by atoms with Crippen LogP contribution in [-0.2, 0) is 11.5 Å². The van der Waals surface area contributed by atoms with Crippen molar-refractivity contribution in [1.29, 1.82) is 5.26 Å². The number of anilines is 2. The second kappa shape index (κ2) is 8.47. The number of amides is 1. The SMILES string of the molecule is CSc1nc(N)nc(SCC(=O)Nc2ccc(CF)cn2)c1C#N. The highest BCUT2D eigenvalue weighted by Gasteiger charge is 2.15. The van der Waals surface area contributed by atoms with Crippen molar-refractivity contribution in [2.45, 2.75) is 16.7 Å². The molecule has 0 atom stereocenters. The van der Waals surface area contributed by atoms with E-state index in [2.05, 4.69) is 20.3 Å². The van der Waals surface area contributed by atoms with Gasteiger partial charge in [0.05, 0.1) is 5.75 Å². The van der Waals surface area contributed by atoms with Crippen molar-refractivity contribution in [3.05, 3.63) is 29.5 Å². The van der Waals surface area contributed by atoms with Crippen LogP contribution >= 0.6 is 23.5 Å². The van der Waals surface area contributed by atoms with Crippen molar-refractivity contribution in [3.8, 4) is 6.07 Å². The first-order valence-electron chi connectivity index (χ1n) is 6.62. The van der Waals surface area contributed by atoms with Gasteiger partial charge in [-0.25, -0.2) is 19.3 Å². The second-order valence-electron chi connectivity index (χ2n) is 4.41. The highest BCUT2D eigenvalue weighted by atomic mass is 32.2. The molecule has 0 aromatic carbocycles. The standard InChI is InChI=1S/C14H13FN6OS2/c1-23-12-9(5-16)13(21-14(17)20-12)24-7-11(22)19-10-3-2-8(4-15)6-18-10/h2-3,6H,4,7H2,1H3,(H2,17,20,21)(H,18,19,22). The molecule has 2 rings (SSSR count). The molecule has 0 aliphatic heterocycles. The van der Waals surface area contributed by atoms with Crippen LogP contribution in [0.25, 0.3) is 0 Å². The molecule has 0 saturated heterocycles. The van der Waals surface area contributed by atoms with Gasteiger partial charge in [0.1, 0.15) is 34.2 Å². The van der Waals surface area contributed by atoms with Crippen molar-refractivity contribution < 1.29 is 9.18 Å². The number of rotatable bonds is 6. The molecular formula is C14H13FN6OS2. The molecular weight excluding hydrogens is 351 g/mol. The predicted octanol–water partition coefficient (Wildman–Crippen LogP) is 2.25. The molecule has 2 heterocycles. The Morgan fingerprint density at radius 3 is 2.75 bits per heavy atom. The number of nitriles is 1. The summed E-state index contributed by atoms with van der Waals surface area (Å²) in [4.78, 5) is 23.9. The zero-order valence-corrected chi connectivity index (χ0v) is 14.2. The molecule has 0 saturated carbocycles. The molecule has 7 nitrogen and oxygen atoms in total. The first-order valence-corrected chi connectivity index (χ1v) is 8.83. The number of nitrogens with two attached hydrogens (primary N) is 1. The largest absolute Gasteiger partial charge is 0.368 e. The number of pyridine rings is 1. The van der Waals surface area contributed by atoms with E-state index in [-0.39, 0.29) is 17.6 Å². The molecule has 1 amide bonds. The summed E-state index contributed by atoms with van der Waals surface area (Å²) in [5.74, 6) is 0.0632. The number of nitrogens with one attached hydrogen (secondary N) is 1. The summed E-state index contributed by atoms with van der Waals surface area (Å²) in [5, 5.41) is 12.6. The smallest absolute Gasteiger partial charge is 0.235 e. The number of nitrogen functional groups attached to an aromatic ring is 1. The van der Waals surface area contributed by atoms with Crippen molar-refractivity contribution in [1.82, 2.24) is 15.0 Å². The van der Waals surface area contributed by atoms with Crippen LogP contribution in [0, 0.1) is 11.3 Å². The lowest BCUT2D eigenvalue weighted by molar-refractivity contribution is -0.113. The van der Waals surface area contributed by atoms with Gasteiger partial charge >= 0.3 is 0 Å². The quantitative estimate of drug-likeness (QED) is 0.592. The Morgan fingerprint density at radius 2 is 2.17 bits per heavy atom. The van der Waals surface area contributed by atoms with Crippen LogP contribution in [0.4, 0.5) is 16.2 Å². The average Bonchev–Trinajstić information content (AvgIpc) is 2.60. The number of halogens is 1. The van der Waals surface area contributed by atoms with Gasteiger partial charge in [-0.1, -0.05) is 17.8 Å². The van der Waals surface area contributed by atoms with E-state index in [4.69, 9.17) is 5.73 Å². The molecule has 2 aromatic rings. The molecule has 0 aliphatic rings. The van der Waals surface area contributed by atoms with Crippen molar-refractivity contribution in [2.24, 2.45) is 0 Å². The van der Waals surface area contributed by atoms with Crippen LogP contribution in [0.5, 0.6) is 0 Å². The Balaban J connectivity index is 2.03. The van der Waals surface area contributed by atoms with Crippen LogP contribution < -0.4 is 11.1 Å². The maximum Gasteiger partial charge on any atom is 0.235 e. The number of thioether (sulfide) groups is 2. The van der Waals surface area contributed by atoms with E-state index >= 15 is 0 Å². The molecule has 0 spiro atoms. The molecule has 124 valence electrons. The summed E-state index contributed by atoms with van der Waals surface area (Å²) < 4.78 is 12.4. The highest BCUT2D eigenvalue weighted by Crippen LogP contribution is 2.27. The topological polar surface area (TPSA) is 118 Å². The number of nitrogens with zero attached hydrogens (tertiary/aromatic N) is 4. The Morgan fingerprint density at radius 1 is 1.42 bits per heavy atom. The summed E-state index contributed by atoms with van der Waals surface area (Å²) in [5.41, 5.74) is 6.34. The summed E-state index contributed by atoms with van der Waals surface area (Å²) in [6.45, 7) is -0.610. The maximum atomic E-state index is 12.4. The summed E-state index contributed by atoms with van der Waals surface area (Å²) in [6, 6.07) is 5.09. The van der Waals surface area contributed by atoms with E-state index in [1.807, 2.05) is 6.07 Å². The molecule has 0 bridgehead atoms. The molecule has 24 heavy (non-hydrogen) atoms. The van der Waals surface area contributed by atoms with Crippen molar-refractivity contribution >= 4 is 41.2 Å². The van der Waals surface area contributed by atoms with Gasteiger partial charge in [-0.05, 0) is 12.3 Å². The van der Waals surface area contributed by atoms with E-state index in [1.54, 1.807) is 12.3 Å². The van der Waals surface area contributed by atoms with E-state index in [0.717, 1.165) is 11.8 Å². The number of hydrogen-bond acceptors (Lipinski definition) is 8. The number of alkyl halides is 1. The van der Waals surface area contributed by atoms with Gasteiger partial charge in [0.2, 0.25) is 11.9 Å². The first-order chi connectivity index (χ1) is 11.6. The maximum absolute atomic E-state index is 12.4. The Hall–Kier alpha value is -2.38. The van der Waals surface area contributed by atoms with Crippen LogP contribution in [-0.4, -0.2) is 32.9 Å². The lowest BCUT2D eigenvalue weighted by Crippen LogP contribution is -2.15. The summed E-state index contributed by atoms with van der Waals surface area (Å²) in [7, 11) is 0. The Kier molecular flexibility index (Phi) is 6.34. The minimum Gasteiger partial charge on any atom is -0.368 e. The number of aromatic nitrogens is 3. The van der Waals surface area contributed by atoms with Gasteiger partial charge < -0.3 is 11.1 Å². The second-order valence-corrected chi connectivity index (χ2v) is 6.16. The number of carbonyl (C=O) groups is 1. The summed E-state index contributed by atoms with van der Waals surface area (Å²) >= 11 is 2.36. The van der Waals surface area contributed by atoms with E-state index in [0.29, 0.717) is 27.0 Å². The molecule has 0 fully saturated rings. The lowest BCUT2D eigenvalue weighted by Gasteiger charge is -2.08. The first kappa shape index (κ1) is 18.0. The van der Waals surface area contributed by atoms with Gasteiger partial charge in [-0.2, -0.15) is 5.26 Å². The van der Waals surface area contributed by atoms with Gasteiger partial charge in [0, 0.05) is 11.8 Å². The third-order valence-electron chi connectivity index (χ3n) is 2.75. The third-order valence-corrected chi connectivity index (χ3v) is 4.41. The van der Waals surface area contributed by atoms with E-state index in [1.165, 1.54) is 24.0 Å². The van der Waals surface area contributed by atoms with Gasteiger partial charge in [0.25, 0.3) is 0 Å². The van der Waals surface area contributed by atoms with E-state index in [9.17, 15) is 14.4 Å². The van der Waals surface area contributed by atoms with Crippen molar-refractivity contribution in [3.63, 3.8) is 0 Å². The zero-order valence-electron chi connectivity index (χ0n) is 12.6. The van der Waals surface area contributed by atoms with E-state index < -0.39 is 6.67 Å². The minimum absolute atomic E-state index is 0.0193. The minimum atomic E-state index is -0.610. The molecule has 0 unspecified atom stereocenters. The lowest BCUT2D eigenvalue weighted by atomic mass is 10.3. The van der Waals surface area contributed by atoms with Gasteiger partial charge in [-0.3, -0.25) is 4.79 Å². The fraction of sp³-hybridized carbons (Fsp3) is 0.214. The van der Waals surface area contributed by atoms with Gasteiger partial charge in [-0.15, -0.1) is 11.8 Å². The van der Waals surface area contributed by atoms with Crippen LogP contribution in [0.1, 0.15) is 11.1 Å². The average molecular weight is 364 g/mol. The number of carbonyl (C=O) groups excluding carboxylic acids is 1. The normalized spacial score (nSPS) is 10.2. The predicted molar refractivity (Wildman–Crippen MR) is 91.3 cm³/mol. The van der Waals surface area contributed by atoms with Crippen LogP contribution in [0.15, 0.2) is 28.4 Å².